The molecule has 1 aliphatic carbocycles. The van der Waals surface area contributed by atoms with Crippen molar-refractivity contribution in [1.82, 2.24) is 0 Å². The van der Waals surface area contributed by atoms with Gasteiger partial charge in [-0.05, 0) is 33.6 Å². The summed E-state index contributed by atoms with van der Waals surface area (Å²) in [6.45, 7) is 9.39. The van der Waals surface area contributed by atoms with Crippen LogP contribution in [0.3, 0.4) is 0 Å². The summed E-state index contributed by atoms with van der Waals surface area (Å²) in [5.41, 5.74) is -0.485. The second kappa shape index (κ2) is 5.89. The highest BCUT2D eigenvalue weighted by atomic mass is 16.6. The summed E-state index contributed by atoms with van der Waals surface area (Å²) in [4.78, 5) is 22.4. The number of hydrogen-bond donors (Lipinski definition) is 0. The van der Waals surface area contributed by atoms with Crippen molar-refractivity contribution in [1.29, 1.82) is 0 Å². The zero-order valence-electron chi connectivity index (χ0n) is 10.4. The first-order valence-corrected chi connectivity index (χ1v) is 5.63. The van der Waals surface area contributed by atoms with Gasteiger partial charge in [-0.25, -0.2) is 0 Å². The van der Waals surface area contributed by atoms with Gasteiger partial charge >= 0.3 is 5.97 Å². The van der Waals surface area contributed by atoms with E-state index in [1.54, 1.807) is 20.8 Å². The van der Waals surface area contributed by atoms with Crippen LogP contribution < -0.4 is 0 Å². The SMILES string of the molecule is CC.CC(C)(C)OC(=O)CC(=O)C1CC1. The predicted octanol–water partition coefficient (Wildman–Crippen LogP) is 2.72. The minimum atomic E-state index is -0.485. The van der Waals surface area contributed by atoms with Crippen molar-refractivity contribution >= 4 is 11.8 Å². The Labute approximate surface area is 92.2 Å². The summed E-state index contributed by atoms with van der Waals surface area (Å²) < 4.78 is 5.03. The van der Waals surface area contributed by atoms with Crippen LogP contribution >= 0.6 is 0 Å². The average molecular weight is 214 g/mol. The lowest BCUT2D eigenvalue weighted by Crippen LogP contribution is -2.25. The van der Waals surface area contributed by atoms with E-state index in [1.807, 2.05) is 13.8 Å². The monoisotopic (exact) mass is 214 g/mol. The van der Waals surface area contributed by atoms with Crippen molar-refractivity contribution in [2.75, 3.05) is 0 Å². The molecule has 1 saturated carbocycles. The largest absolute Gasteiger partial charge is 0.460 e. The Hall–Kier alpha value is -0.860. The Morgan fingerprint density at radius 2 is 1.67 bits per heavy atom. The molecule has 0 unspecified atom stereocenters. The summed E-state index contributed by atoms with van der Waals surface area (Å²) in [5.74, 6) is -0.217. The molecule has 0 amide bonds. The van der Waals surface area contributed by atoms with E-state index in [0.29, 0.717) is 0 Å². The van der Waals surface area contributed by atoms with Gasteiger partial charge < -0.3 is 4.74 Å². The summed E-state index contributed by atoms with van der Waals surface area (Å²) in [6.07, 6.45) is 1.84. The normalized spacial score (nSPS) is 15.0. The van der Waals surface area contributed by atoms with Gasteiger partial charge in [0.1, 0.15) is 17.8 Å². The predicted molar refractivity (Wildman–Crippen MR) is 59.5 cm³/mol. The lowest BCUT2D eigenvalue weighted by atomic mass is 10.1. The van der Waals surface area contributed by atoms with Gasteiger partial charge in [-0.1, -0.05) is 13.8 Å². The van der Waals surface area contributed by atoms with E-state index >= 15 is 0 Å². The molecule has 0 aromatic rings. The molecule has 1 fully saturated rings. The Morgan fingerprint density at radius 3 is 2.00 bits per heavy atom. The van der Waals surface area contributed by atoms with Crippen molar-refractivity contribution in [3.05, 3.63) is 0 Å². The van der Waals surface area contributed by atoms with Crippen LogP contribution in [0, 0.1) is 5.92 Å². The first-order chi connectivity index (χ1) is 6.88. The fourth-order valence-corrected chi connectivity index (χ4v) is 1.07. The number of hydrogen-bond acceptors (Lipinski definition) is 3. The van der Waals surface area contributed by atoms with E-state index < -0.39 is 11.6 Å². The zero-order chi connectivity index (χ0) is 12.1. The van der Waals surface area contributed by atoms with Gasteiger partial charge in [0.2, 0.25) is 0 Å². The summed E-state index contributed by atoms with van der Waals surface area (Å²) in [6, 6.07) is 0. The maximum Gasteiger partial charge on any atom is 0.313 e. The standard InChI is InChI=1S/C10H16O3.C2H6/c1-10(2,3)13-9(12)6-8(11)7-4-5-7;1-2/h7H,4-6H2,1-3H3;1-2H3. The van der Waals surface area contributed by atoms with E-state index in [2.05, 4.69) is 0 Å². The van der Waals surface area contributed by atoms with Crippen LogP contribution in [-0.4, -0.2) is 17.4 Å². The topological polar surface area (TPSA) is 43.4 Å². The molecule has 0 aromatic carbocycles. The highest BCUT2D eigenvalue weighted by molar-refractivity contribution is 5.97. The fourth-order valence-electron chi connectivity index (χ4n) is 1.07. The molecule has 0 saturated heterocycles. The lowest BCUT2D eigenvalue weighted by molar-refractivity contribution is -0.156. The number of ether oxygens (including phenoxy) is 1. The third-order valence-electron chi connectivity index (χ3n) is 1.77. The van der Waals surface area contributed by atoms with E-state index in [0.717, 1.165) is 12.8 Å². The second-order valence-corrected chi connectivity index (χ2v) is 4.50. The molecule has 3 heteroatoms. The average Bonchev–Trinajstić information content (AvgIpc) is 2.85. The number of Topliss-reactive ketones (excluding diaryl/α,β-unsaturated/α-hetero) is 1. The molecule has 0 atom stereocenters. The van der Waals surface area contributed by atoms with Crippen LogP contribution in [0.25, 0.3) is 0 Å². The number of carbonyl (C=O) groups is 2. The zero-order valence-corrected chi connectivity index (χ0v) is 10.4. The molecule has 1 aliphatic rings. The first-order valence-electron chi connectivity index (χ1n) is 5.63. The van der Waals surface area contributed by atoms with Crippen LogP contribution in [0.5, 0.6) is 0 Å². The third-order valence-corrected chi connectivity index (χ3v) is 1.77. The quantitative estimate of drug-likeness (QED) is 0.536. The number of ketones is 1. The van der Waals surface area contributed by atoms with Crippen LogP contribution in [-0.2, 0) is 14.3 Å². The third kappa shape index (κ3) is 7.11. The fraction of sp³-hybridized carbons (Fsp3) is 0.833. The smallest absolute Gasteiger partial charge is 0.313 e. The lowest BCUT2D eigenvalue weighted by Gasteiger charge is -2.19. The van der Waals surface area contributed by atoms with Gasteiger partial charge in [-0.3, -0.25) is 9.59 Å². The van der Waals surface area contributed by atoms with E-state index in [4.69, 9.17) is 4.74 Å². The number of esters is 1. The van der Waals surface area contributed by atoms with Crippen molar-refractivity contribution < 1.29 is 14.3 Å². The second-order valence-electron chi connectivity index (χ2n) is 4.50. The van der Waals surface area contributed by atoms with Crippen LogP contribution in [0.2, 0.25) is 0 Å². The van der Waals surface area contributed by atoms with Crippen LogP contribution in [0.4, 0.5) is 0 Å². The highest BCUT2D eigenvalue weighted by Gasteiger charge is 2.31. The minimum absolute atomic E-state index is 0.0363. The van der Waals surface area contributed by atoms with Crippen LogP contribution in [0.1, 0.15) is 53.9 Å². The molecule has 1 rings (SSSR count). The Morgan fingerprint density at radius 1 is 1.20 bits per heavy atom. The molecule has 0 aromatic heterocycles. The van der Waals surface area contributed by atoms with Crippen LogP contribution in [0.15, 0.2) is 0 Å². The van der Waals surface area contributed by atoms with Crippen molar-refractivity contribution in [2.24, 2.45) is 5.92 Å². The van der Waals surface area contributed by atoms with Gasteiger partial charge in [0, 0.05) is 5.92 Å². The molecule has 15 heavy (non-hydrogen) atoms. The van der Waals surface area contributed by atoms with E-state index in [1.165, 1.54) is 0 Å². The molecule has 3 nitrogen and oxygen atoms in total. The molecule has 0 bridgehead atoms. The molecular weight excluding hydrogens is 192 g/mol. The van der Waals surface area contributed by atoms with E-state index in [-0.39, 0.29) is 18.1 Å². The highest BCUT2D eigenvalue weighted by Crippen LogP contribution is 2.31. The minimum Gasteiger partial charge on any atom is -0.460 e. The first kappa shape index (κ1) is 14.1. The van der Waals surface area contributed by atoms with Gasteiger partial charge in [-0.15, -0.1) is 0 Å². The number of rotatable bonds is 3. The molecule has 0 aliphatic heterocycles. The van der Waals surface area contributed by atoms with E-state index in [9.17, 15) is 9.59 Å². The van der Waals surface area contributed by atoms with Crippen molar-refractivity contribution in [3.63, 3.8) is 0 Å². The molecular formula is C12H22O3. The van der Waals surface area contributed by atoms with Gasteiger partial charge in [0.05, 0.1) is 0 Å². The van der Waals surface area contributed by atoms with Gasteiger partial charge in [0.15, 0.2) is 0 Å². The molecule has 88 valence electrons. The summed E-state index contributed by atoms with van der Waals surface area (Å²) in [7, 11) is 0. The molecule has 0 N–H and O–H groups in total. The molecule has 0 heterocycles. The Balaban J connectivity index is 0.000000921. The van der Waals surface area contributed by atoms with Gasteiger partial charge in [-0.2, -0.15) is 0 Å². The number of carbonyl (C=O) groups excluding carboxylic acids is 2. The summed E-state index contributed by atoms with van der Waals surface area (Å²) >= 11 is 0. The summed E-state index contributed by atoms with van der Waals surface area (Å²) in [5, 5.41) is 0. The maximum absolute atomic E-state index is 11.2. The van der Waals surface area contributed by atoms with Crippen molar-refractivity contribution in [3.8, 4) is 0 Å². The molecule has 0 radical (unpaired) electrons. The maximum atomic E-state index is 11.2. The van der Waals surface area contributed by atoms with Gasteiger partial charge in [0.25, 0.3) is 0 Å². The van der Waals surface area contributed by atoms with Crippen molar-refractivity contribution in [2.45, 2.75) is 59.5 Å². The molecule has 0 spiro atoms. The Bertz CT molecular complexity index is 222. The Kier molecular flexibility index (Phi) is 5.55.